The highest BCUT2D eigenvalue weighted by Gasteiger charge is 2.44. The standard InChI is InChI=1S/C19H25N5/c1-16-11-21-18(22-12-16)23-9-3-6-19(15-23)7-4-10-24(19)14-17-5-2-8-20-13-17/h2,5,8,11-13H,3-4,6-7,9-10,14-15H2,1H3. The summed E-state index contributed by atoms with van der Waals surface area (Å²) in [6, 6.07) is 4.22. The molecule has 0 N–H and O–H groups in total. The minimum Gasteiger partial charge on any atom is -0.339 e. The van der Waals surface area contributed by atoms with Gasteiger partial charge in [-0.15, -0.1) is 0 Å². The quantitative estimate of drug-likeness (QED) is 0.869. The smallest absolute Gasteiger partial charge is 0.225 e. The molecule has 0 aliphatic carbocycles. The van der Waals surface area contributed by atoms with E-state index in [4.69, 9.17) is 0 Å². The second-order valence-electron chi connectivity index (χ2n) is 7.20. The molecule has 4 rings (SSSR count). The first-order valence-electron chi connectivity index (χ1n) is 8.93. The van der Waals surface area contributed by atoms with Gasteiger partial charge in [-0.05, 0) is 56.3 Å². The van der Waals surface area contributed by atoms with Crippen LogP contribution < -0.4 is 4.90 Å². The molecular weight excluding hydrogens is 298 g/mol. The molecule has 1 atom stereocenters. The minimum atomic E-state index is 0.266. The Bertz CT molecular complexity index is 672. The molecule has 2 fully saturated rings. The summed E-state index contributed by atoms with van der Waals surface area (Å²) in [4.78, 5) is 18.4. The fourth-order valence-electron chi connectivity index (χ4n) is 4.25. The zero-order valence-electron chi connectivity index (χ0n) is 14.4. The van der Waals surface area contributed by atoms with E-state index in [-0.39, 0.29) is 5.54 Å². The van der Waals surface area contributed by atoms with Crippen molar-refractivity contribution in [3.05, 3.63) is 48.0 Å². The van der Waals surface area contributed by atoms with E-state index in [1.54, 1.807) is 0 Å². The Kier molecular flexibility index (Phi) is 4.19. The van der Waals surface area contributed by atoms with E-state index in [1.807, 2.05) is 37.8 Å². The van der Waals surface area contributed by atoms with Gasteiger partial charge in [0.15, 0.2) is 0 Å². The molecule has 0 aromatic carbocycles. The van der Waals surface area contributed by atoms with Crippen LogP contribution in [0.2, 0.25) is 0 Å². The van der Waals surface area contributed by atoms with E-state index in [1.165, 1.54) is 37.8 Å². The Morgan fingerprint density at radius 2 is 1.88 bits per heavy atom. The lowest BCUT2D eigenvalue weighted by molar-refractivity contribution is 0.108. The van der Waals surface area contributed by atoms with Crippen molar-refractivity contribution in [3.63, 3.8) is 0 Å². The number of pyridine rings is 1. The van der Waals surface area contributed by atoms with Crippen LogP contribution in [0.4, 0.5) is 5.95 Å². The highest BCUT2D eigenvalue weighted by atomic mass is 15.3. The molecule has 2 aromatic rings. The zero-order chi connectivity index (χ0) is 16.4. The Balaban J connectivity index is 1.53. The monoisotopic (exact) mass is 323 g/mol. The van der Waals surface area contributed by atoms with Gasteiger partial charge in [-0.25, -0.2) is 9.97 Å². The van der Waals surface area contributed by atoms with Crippen molar-refractivity contribution >= 4 is 5.95 Å². The SMILES string of the molecule is Cc1cnc(N2CCCC3(CCCN3Cc3cccnc3)C2)nc1. The molecule has 2 saturated heterocycles. The van der Waals surface area contributed by atoms with Gasteiger partial charge in [0.2, 0.25) is 5.95 Å². The van der Waals surface area contributed by atoms with Crippen LogP contribution in [-0.2, 0) is 6.54 Å². The number of aromatic nitrogens is 3. The molecule has 1 spiro atoms. The van der Waals surface area contributed by atoms with E-state index in [0.717, 1.165) is 31.1 Å². The first kappa shape index (κ1) is 15.5. The molecule has 0 amide bonds. The molecule has 0 bridgehead atoms. The van der Waals surface area contributed by atoms with Crippen molar-refractivity contribution in [1.29, 1.82) is 0 Å². The van der Waals surface area contributed by atoms with Crippen LogP contribution in [0, 0.1) is 6.92 Å². The number of piperidine rings is 1. The predicted octanol–water partition coefficient (Wildman–Crippen LogP) is 2.82. The molecule has 2 aromatic heterocycles. The maximum atomic E-state index is 4.55. The van der Waals surface area contributed by atoms with Gasteiger partial charge < -0.3 is 4.90 Å². The predicted molar refractivity (Wildman–Crippen MR) is 94.8 cm³/mol. The summed E-state index contributed by atoms with van der Waals surface area (Å²) in [6.07, 6.45) is 12.7. The van der Waals surface area contributed by atoms with Crippen molar-refractivity contribution in [3.8, 4) is 0 Å². The van der Waals surface area contributed by atoms with Gasteiger partial charge in [0, 0.05) is 50.0 Å². The molecule has 2 aliphatic rings. The average Bonchev–Trinajstić information content (AvgIpc) is 2.98. The molecule has 0 radical (unpaired) electrons. The number of rotatable bonds is 3. The van der Waals surface area contributed by atoms with Gasteiger partial charge >= 0.3 is 0 Å². The van der Waals surface area contributed by atoms with E-state index in [9.17, 15) is 0 Å². The molecule has 4 heterocycles. The highest BCUT2D eigenvalue weighted by molar-refractivity contribution is 5.32. The van der Waals surface area contributed by atoms with E-state index in [0.29, 0.717) is 0 Å². The Labute approximate surface area is 143 Å². The lowest BCUT2D eigenvalue weighted by Crippen LogP contribution is -2.55. The molecule has 1 unspecified atom stereocenters. The van der Waals surface area contributed by atoms with Crippen molar-refractivity contribution in [2.24, 2.45) is 0 Å². The van der Waals surface area contributed by atoms with E-state index < -0.39 is 0 Å². The van der Waals surface area contributed by atoms with Gasteiger partial charge in [-0.2, -0.15) is 0 Å². The maximum Gasteiger partial charge on any atom is 0.225 e. The molecule has 5 nitrogen and oxygen atoms in total. The van der Waals surface area contributed by atoms with Gasteiger partial charge in [-0.1, -0.05) is 6.07 Å². The van der Waals surface area contributed by atoms with Crippen molar-refractivity contribution in [2.75, 3.05) is 24.5 Å². The average molecular weight is 323 g/mol. The summed E-state index contributed by atoms with van der Waals surface area (Å²) in [5, 5.41) is 0. The summed E-state index contributed by atoms with van der Waals surface area (Å²) >= 11 is 0. The molecule has 5 heteroatoms. The molecule has 126 valence electrons. The number of aryl methyl sites for hydroxylation is 1. The fourth-order valence-corrected chi connectivity index (χ4v) is 4.25. The first-order valence-corrected chi connectivity index (χ1v) is 8.93. The molecule has 24 heavy (non-hydrogen) atoms. The zero-order valence-corrected chi connectivity index (χ0v) is 14.4. The number of anilines is 1. The highest BCUT2D eigenvalue weighted by Crippen LogP contribution is 2.38. The second kappa shape index (κ2) is 6.48. The van der Waals surface area contributed by atoms with Gasteiger partial charge in [0.25, 0.3) is 0 Å². The molecule has 0 saturated carbocycles. The van der Waals surface area contributed by atoms with Crippen LogP contribution in [0.15, 0.2) is 36.9 Å². The van der Waals surface area contributed by atoms with E-state index in [2.05, 4.69) is 30.8 Å². The van der Waals surface area contributed by atoms with Crippen molar-refractivity contribution in [2.45, 2.75) is 44.7 Å². The third-order valence-electron chi connectivity index (χ3n) is 5.44. The minimum absolute atomic E-state index is 0.266. The third kappa shape index (κ3) is 3.00. The van der Waals surface area contributed by atoms with Crippen LogP contribution in [-0.4, -0.2) is 45.0 Å². The fraction of sp³-hybridized carbons (Fsp3) is 0.526. The lowest BCUT2D eigenvalue weighted by Gasteiger charge is -2.46. The van der Waals surface area contributed by atoms with Gasteiger partial charge in [0.05, 0.1) is 0 Å². The summed E-state index contributed by atoms with van der Waals surface area (Å²) in [6.45, 7) is 6.31. The number of likely N-dealkylation sites (tertiary alicyclic amines) is 1. The summed E-state index contributed by atoms with van der Waals surface area (Å²) in [5.74, 6) is 0.882. The second-order valence-corrected chi connectivity index (χ2v) is 7.20. The Morgan fingerprint density at radius 1 is 1.08 bits per heavy atom. The van der Waals surface area contributed by atoms with Crippen LogP contribution >= 0.6 is 0 Å². The lowest BCUT2D eigenvalue weighted by atomic mass is 9.86. The maximum absolute atomic E-state index is 4.55. The normalized spacial score (nSPS) is 24.6. The molecule has 2 aliphatic heterocycles. The Morgan fingerprint density at radius 3 is 2.62 bits per heavy atom. The topological polar surface area (TPSA) is 45.2 Å². The summed E-state index contributed by atoms with van der Waals surface area (Å²) in [7, 11) is 0. The largest absolute Gasteiger partial charge is 0.339 e. The van der Waals surface area contributed by atoms with Crippen molar-refractivity contribution in [1.82, 2.24) is 19.9 Å². The Hall–Kier alpha value is -2.01. The number of hydrogen-bond acceptors (Lipinski definition) is 5. The number of nitrogens with zero attached hydrogens (tertiary/aromatic N) is 5. The third-order valence-corrected chi connectivity index (χ3v) is 5.44. The first-order chi connectivity index (χ1) is 11.8. The number of hydrogen-bond donors (Lipinski definition) is 0. The van der Waals surface area contributed by atoms with E-state index >= 15 is 0 Å². The van der Waals surface area contributed by atoms with Crippen LogP contribution in [0.5, 0.6) is 0 Å². The van der Waals surface area contributed by atoms with Crippen LogP contribution in [0.1, 0.15) is 36.8 Å². The summed E-state index contributed by atoms with van der Waals surface area (Å²) in [5.41, 5.74) is 2.69. The molecular formula is C19H25N5. The summed E-state index contributed by atoms with van der Waals surface area (Å²) < 4.78 is 0. The van der Waals surface area contributed by atoms with Crippen LogP contribution in [0.25, 0.3) is 0 Å². The van der Waals surface area contributed by atoms with Gasteiger partial charge in [-0.3, -0.25) is 9.88 Å². The van der Waals surface area contributed by atoms with Gasteiger partial charge in [0.1, 0.15) is 0 Å². The van der Waals surface area contributed by atoms with Crippen molar-refractivity contribution < 1.29 is 0 Å². The van der Waals surface area contributed by atoms with Crippen LogP contribution in [0.3, 0.4) is 0 Å².